The van der Waals surface area contributed by atoms with E-state index in [1.807, 2.05) is 23.3 Å². The predicted octanol–water partition coefficient (Wildman–Crippen LogP) is 1.96. The Hall–Kier alpha value is -1.39. The van der Waals surface area contributed by atoms with Crippen molar-refractivity contribution in [1.29, 1.82) is 0 Å². The monoisotopic (exact) mass is 233 g/mol. The summed E-state index contributed by atoms with van der Waals surface area (Å²) in [5, 5.41) is 5.13. The van der Waals surface area contributed by atoms with E-state index in [9.17, 15) is 0 Å². The summed E-state index contributed by atoms with van der Waals surface area (Å²) in [6.07, 6.45) is -0.00476. The molecule has 0 saturated heterocycles. The molecule has 0 spiro atoms. The van der Waals surface area contributed by atoms with Gasteiger partial charge in [-0.05, 0) is 19.0 Å². The summed E-state index contributed by atoms with van der Waals surface area (Å²) in [6, 6.07) is 10.2. The van der Waals surface area contributed by atoms with E-state index in [-0.39, 0.29) is 6.17 Å². The van der Waals surface area contributed by atoms with Gasteiger partial charge in [0.25, 0.3) is 0 Å². The van der Waals surface area contributed by atoms with Crippen molar-refractivity contribution < 1.29 is 4.84 Å². The van der Waals surface area contributed by atoms with Crippen molar-refractivity contribution in [3.05, 3.63) is 35.9 Å². The Morgan fingerprint density at radius 1 is 1.29 bits per heavy atom. The fraction of sp³-hybridized carbons (Fsp3) is 0.462. The van der Waals surface area contributed by atoms with Crippen LogP contribution in [0.2, 0.25) is 0 Å². The summed E-state index contributed by atoms with van der Waals surface area (Å²) < 4.78 is 0. The van der Waals surface area contributed by atoms with Gasteiger partial charge in [0, 0.05) is 6.54 Å². The number of nitrogens with one attached hydrogen (secondary N) is 1. The lowest BCUT2D eigenvalue weighted by atomic mass is 10.2. The van der Waals surface area contributed by atoms with Gasteiger partial charge in [-0.1, -0.05) is 37.3 Å². The molecule has 1 aliphatic rings. The molecule has 1 N–H and O–H groups in total. The van der Waals surface area contributed by atoms with E-state index in [0.29, 0.717) is 6.54 Å². The quantitative estimate of drug-likeness (QED) is 0.844. The van der Waals surface area contributed by atoms with Gasteiger partial charge in [0.1, 0.15) is 0 Å². The molecular weight excluding hydrogens is 214 g/mol. The lowest BCUT2D eigenvalue weighted by molar-refractivity contribution is -0.0810. The van der Waals surface area contributed by atoms with Crippen LogP contribution in [0.5, 0.6) is 0 Å². The second-order valence-electron chi connectivity index (χ2n) is 3.91. The van der Waals surface area contributed by atoms with Crippen LogP contribution in [0.4, 0.5) is 0 Å². The molecule has 0 saturated carbocycles. The topological polar surface area (TPSA) is 36.9 Å². The van der Waals surface area contributed by atoms with Gasteiger partial charge in [0.05, 0.1) is 6.54 Å². The summed E-state index contributed by atoms with van der Waals surface area (Å²) in [5.41, 5.74) is 1.17. The molecule has 0 unspecified atom stereocenters. The van der Waals surface area contributed by atoms with Crippen LogP contribution < -0.4 is 5.32 Å². The first-order chi connectivity index (χ1) is 8.35. The zero-order valence-corrected chi connectivity index (χ0v) is 10.4. The number of aliphatic imine (C=N–C) groups is 1. The van der Waals surface area contributed by atoms with Crippen LogP contribution in [0.15, 0.2) is 35.3 Å². The number of benzene rings is 1. The van der Waals surface area contributed by atoms with Gasteiger partial charge >= 0.3 is 0 Å². The minimum absolute atomic E-state index is 0.00476. The minimum atomic E-state index is -0.00476. The van der Waals surface area contributed by atoms with Gasteiger partial charge in [0.2, 0.25) is 5.90 Å². The standard InChI is InChI=1S/C13H19N3O/c1-3-14-10-12-15-13(16(4-2)17-12)11-8-6-5-7-9-11/h5-9,13-14H,3-4,10H2,1-2H3/t13-/m1/s1. The molecule has 0 fully saturated rings. The molecule has 1 aromatic rings. The summed E-state index contributed by atoms with van der Waals surface area (Å²) in [7, 11) is 0. The minimum Gasteiger partial charge on any atom is -0.387 e. The Kier molecular flexibility index (Phi) is 4.12. The van der Waals surface area contributed by atoms with Crippen LogP contribution in [-0.4, -0.2) is 30.6 Å². The van der Waals surface area contributed by atoms with Crippen molar-refractivity contribution in [3.8, 4) is 0 Å². The number of hydrogen-bond acceptors (Lipinski definition) is 4. The molecule has 92 valence electrons. The van der Waals surface area contributed by atoms with E-state index in [1.165, 1.54) is 5.56 Å². The highest BCUT2D eigenvalue weighted by Crippen LogP contribution is 2.27. The highest BCUT2D eigenvalue weighted by atomic mass is 16.7. The van der Waals surface area contributed by atoms with E-state index in [4.69, 9.17) is 4.84 Å². The summed E-state index contributed by atoms with van der Waals surface area (Å²) >= 11 is 0. The highest BCUT2D eigenvalue weighted by Gasteiger charge is 2.27. The maximum atomic E-state index is 5.70. The van der Waals surface area contributed by atoms with Crippen molar-refractivity contribution in [2.24, 2.45) is 4.99 Å². The normalized spacial score (nSPS) is 20.1. The van der Waals surface area contributed by atoms with Crippen molar-refractivity contribution in [3.63, 3.8) is 0 Å². The lowest BCUT2D eigenvalue weighted by Gasteiger charge is -2.19. The SMILES string of the molecule is CCNCC1=N[C@@H](c2ccccc2)N(CC)O1. The van der Waals surface area contributed by atoms with E-state index in [1.54, 1.807) is 0 Å². The third-order valence-corrected chi connectivity index (χ3v) is 2.70. The van der Waals surface area contributed by atoms with Crippen molar-refractivity contribution >= 4 is 5.90 Å². The number of nitrogens with zero attached hydrogens (tertiary/aromatic N) is 2. The molecule has 0 aliphatic carbocycles. The molecule has 1 aliphatic heterocycles. The first-order valence-electron chi connectivity index (χ1n) is 6.12. The van der Waals surface area contributed by atoms with Gasteiger partial charge in [-0.3, -0.25) is 0 Å². The first-order valence-corrected chi connectivity index (χ1v) is 6.12. The Bertz CT molecular complexity index is 378. The summed E-state index contributed by atoms with van der Waals surface area (Å²) in [4.78, 5) is 10.3. The molecule has 1 aromatic carbocycles. The lowest BCUT2D eigenvalue weighted by Crippen LogP contribution is -2.27. The zero-order valence-electron chi connectivity index (χ0n) is 10.4. The zero-order chi connectivity index (χ0) is 12.1. The fourth-order valence-corrected chi connectivity index (χ4v) is 1.82. The molecule has 4 heteroatoms. The van der Waals surface area contributed by atoms with E-state index in [0.717, 1.165) is 19.0 Å². The van der Waals surface area contributed by atoms with Crippen LogP contribution in [0, 0.1) is 0 Å². The largest absolute Gasteiger partial charge is 0.387 e. The van der Waals surface area contributed by atoms with Crippen LogP contribution in [0.3, 0.4) is 0 Å². The van der Waals surface area contributed by atoms with Crippen LogP contribution in [0.25, 0.3) is 0 Å². The third-order valence-electron chi connectivity index (χ3n) is 2.70. The van der Waals surface area contributed by atoms with Crippen LogP contribution in [0.1, 0.15) is 25.6 Å². The maximum Gasteiger partial charge on any atom is 0.225 e. The predicted molar refractivity (Wildman–Crippen MR) is 68.6 cm³/mol. The Balaban J connectivity index is 2.11. The van der Waals surface area contributed by atoms with E-state index >= 15 is 0 Å². The van der Waals surface area contributed by atoms with Crippen molar-refractivity contribution in [2.45, 2.75) is 20.0 Å². The van der Waals surface area contributed by atoms with Gasteiger partial charge < -0.3 is 10.2 Å². The smallest absolute Gasteiger partial charge is 0.225 e. The number of likely N-dealkylation sites (N-methyl/N-ethyl adjacent to an activating group) is 1. The second kappa shape index (κ2) is 5.80. The van der Waals surface area contributed by atoms with Gasteiger partial charge in [-0.15, -0.1) is 5.06 Å². The number of rotatable bonds is 5. The Morgan fingerprint density at radius 2 is 2.06 bits per heavy atom. The van der Waals surface area contributed by atoms with Crippen LogP contribution in [-0.2, 0) is 4.84 Å². The average Bonchev–Trinajstić information content (AvgIpc) is 2.80. The Labute approximate surface area is 102 Å². The Morgan fingerprint density at radius 3 is 2.71 bits per heavy atom. The number of hydroxylamine groups is 2. The molecule has 0 bridgehead atoms. The molecule has 2 rings (SSSR count). The van der Waals surface area contributed by atoms with Gasteiger partial charge in [0.15, 0.2) is 6.17 Å². The molecule has 4 nitrogen and oxygen atoms in total. The molecule has 0 aromatic heterocycles. The molecular formula is C13H19N3O. The summed E-state index contributed by atoms with van der Waals surface area (Å²) in [5.74, 6) is 0.766. The van der Waals surface area contributed by atoms with E-state index < -0.39 is 0 Å². The maximum absolute atomic E-state index is 5.70. The fourth-order valence-electron chi connectivity index (χ4n) is 1.82. The molecule has 0 radical (unpaired) electrons. The number of hydrogen-bond donors (Lipinski definition) is 1. The second-order valence-corrected chi connectivity index (χ2v) is 3.91. The van der Waals surface area contributed by atoms with Crippen molar-refractivity contribution in [2.75, 3.05) is 19.6 Å². The third kappa shape index (κ3) is 2.84. The molecule has 1 atom stereocenters. The van der Waals surface area contributed by atoms with Crippen LogP contribution >= 0.6 is 0 Å². The van der Waals surface area contributed by atoms with Crippen molar-refractivity contribution in [1.82, 2.24) is 10.4 Å². The van der Waals surface area contributed by atoms with Gasteiger partial charge in [-0.2, -0.15) is 0 Å². The molecule has 1 heterocycles. The highest BCUT2D eigenvalue weighted by molar-refractivity contribution is 5.79. The average molecular weight is 233 g/mol. The summed E-state index contributed by atoms with van der Waals surface area (Å²) in [6.45, 7) is 6.57. The first kappa shape index (κ1) is 12.1. The van der Waals surface area contributed by atoms with Gasteiger partial charge in [-0.25, -0.2) is 4.99 Å². The molecule has 0 amide bonds. The van der Waals surface area contributed by atoms with E-state index in [2.05, 4.69) is 36.3 Å². The molecule has 17 heavy (non-hydrogen) atoms.